The van der Waals surface area contributed by atoms with Crippen molar-refractivity contribution in [1.82, 2.24) is 19.7 Å². The Morgan fingerprint density at radius 1 is 1.03 bits per heavy atom. The van der Waals surface area contributed by atoms with E-state index in [4.69, 9.17) is 10.00 Å². The van der Waals surface area contributed by atoms with Crippen molar-refractivity contribution in [3.63, 3.8) is 0 Å². The Labute approximate surface area is 181 Å². The normalized spacial score (nSPS) is 17.2. The summed E-state index contributed by atoms with van der Waals surface area (Å²) in [6.45, 7) is 8.04. The number of nitrogens with one attached hydrogen (secondary N) is 1. The quantitative estimate of drug-likeness (QED) is 0.686. The van der Waals surface area contributed by atoms with Crippen molar-refractivity contribution in [1.29, 1.82) is 5.26 Å². The maximum absolute atomic E-state index is 8.95. The predicted octanol–water partition coefficient (Wildman–Crippen LogP) is 2.71. The fourth-order valence-corrected chi connectivity index (χ4v) is 4.06. The number of anilines is 3. The minimum absolute atomic E-state index is 0.538. The highest BCUT2D eigenvalue weighted by Gasteiger charge is 2.29. The highest BCUT2D eigenvalue weighted by Crippen LogP contribution is 2.26. The number of piperazine rings is 1. The summed E-state index contributed by atoms with van der Waals surface area (Å²) in [5, 5.41) is 16.8. The van der Waals surface area contributed by atoms with Crippen molar-refractivity contribution in [3.8, 4) is 11.8 Å². The topological polar surface area (TPSA) is 82.2 Å². The summed E-state index contributed by atoms with van der Waals surface area (Å²) < 4.78 is 7.04. The van der Waals surface area contributed by atoms with Gasteiger partial charge in [-0.05, 0) is 55.0 Å². The molecule has 2 fully saturated rings. The summed E-state index contributed by atoms with van der Waals surface area (Å²) in [5.74, 6) is 0.538. The molecule has 0 unspecified atom stereocenters. The second-order valence-corrected chi connectivity index (χ2v) is 8.07. The van der Waals surface area contributed by atoms with E-state index in [0.717, 1.165) is 50.8 Å². The van der Waals surface area contributed by atoms with E-state index in [1.54, 1.807) is 23.1 Å². The summed E-state index contributed by atoms with van der Waals surface area (Å²) in [6, 6.07) is 16.5. The number of hydrogen-bond donors (Lipinski definition) is 1. The summed E-state index contributed by atoms with van der Waals surface area (Å²) in [4.78, 5) is 9.37. The molecular formula is C23H25N7O. The van der Waals surface area contributed by atoms with E-state index in [0.29, 0.717) is 17.6 Å². The van der Waals surface area contributed by atoms with Crippen LogP contribution < -0.4 is 10.2 Å². The van der Waals surface area contributed by atoms with Gasteiger partial charge >= 0.3 is 0 Å². The van der Waals surface area contributed by atoms with Crippen molar-refractivity contribution < 1.29 is 4.74 Å². The van der Waals surface area contributed by atoms with Crippen LogP contribution in [-0.4, -0.2) is 65.1 Å². The Morgan fingerprint density at radius 2 is 1.81 bits per heavy atom. The molecule has 8 nitrogen and oxygen atoms in total. The van der Waals surface area contributed by atoms with Crippen LogP contribution in [0.3, 0.4) is 0 Å². The smallest absolute Gasteiger partial charge is 0.246 e. The van der Waals surface area contributed by atoms with E-state index in [2.05, 4.69) is 56.4 Å². The molecule has 3 aromatic rings. The van der Waals surface area contributed by atoms with Gasteiger partial charge in [0, 0.05) is 37.6 Å². The SMILES string of the molecule is Cc1cc(Nc2ncn(-c3ccc(C#N)cc3)n2)cc(N2CCN(C3COC3)CC2)c1. The third-order valence-electron chi connectivity index (χ3n) is 5.89. The molecule has 2 aromatic carbocycles. The van der Waals surface area contributed by atoms with Crippen LogP contribution in [0.15, 0.2) is 48.8 Å². The summed E-state index contributed by atoms with van der Waals surface area (Å²) in [5.41, 5.74) is 4.87. The zero-order chi connectivity index (χ0) is 21.2. The molecule has 0 amide bonds. The lowest BCUT2D eigenvalue weighted by atomic mass is 10.1. The summed E-state index contributed by atoms with van der Waals surface area (Å²) >= 11 is 0. The van der Waals surface area contributed by atoms with Crippen molar-refractivity contribution in [3.05, 3.63) is 59.9 Å². The highest BCUT2D eigenvalue weighted by atomic mass is 16.5. The molecule has 0 atom stereocenters. The van der Waals surface area contributed by atoms with Gasteiger partial charge in [-0.3, -0.25) is 4.90 Å². The summed E-state index contributed by atoms with van der Waals surface area (Å²) in [6.07, 6.45) is 1.67. The Morgan fingerprint density at radius 3 is 2.48 bits per heavy atom. The molecule has 0 aliphatic carbocycles. The standard InChI is InChI=1S/C23H25N7O/c1-17-10-19(12-21(11-17)28-6-8-29(9-7-28)22-14-31-15-22)26-23-25-16-30(27-23)20-4-2-18(13-24)3-5-20/h2-5,10-12,16,22H,6-9,14-15H2,1H3,(H,26,27). The Hall–Kier alpha value is -3.41. The van der Waals surface area contributed by atoms with Crippen LogP contribution in [-0.2, 0) is 4.74 Å². The van der Waals surface area contributed by atoms with Gasteiger partial charge in [0.1, 0.15) is 6.33 Å². The first-order valence-electron chi connectivity index (χ1n) is 10.6. The molecule has 158 valence electrons. The van der Waals surface area contributed by atoms with Gasteiger partial charge in [-0.15, -0.1) is 5.10 Å². The molecule has 3 heterocycles. The van der Waals surface area contributed by atoms with Crippen molar-refractivity contribution in [2.75, 3.05) is 49.6 Å². The second-order valence-electron chi connectivity index (χ2n) is 8.07. The molecule has 0 radical (unpaired) electrons. The minimum atomic E-state index is 0.538. The zero-order valence-electron chi connectivity index (χ0n) is 17.5. The van der Waals surface area contributed by atoms with Crippen LogP contribution in [0.4, 0.5) is 17.3 Å². The van der Waals surface area contributed by atoms with Gasteiger partial charge < -0.3 is 15.0 Å². The summed E-state index contributed by atoms with van der Waals surface area (Å²) in [7, 11) is 0. The molecule has 1 aromatic heterocycles. The number of nitriles is 1. The lowest BCUT2D eigenvalue weighted by Crippen LogP contribution is -2.56. The van der Waals surface area contributed by atoms with Crippen LogP contribution in [0.5, 0.6) is 0 Å². The number of nitrogens with zero attached hydrogens (tertiary/aromatic N) is 6. The van der Waals surface area contributed by atoms with E-state index in [9.17, 15) is 0 Å². The average Bonchev–Trinajstić information content (AvgIpc) is 3.21. The van der Waals surface area contributed by atoms with Gasteiger partial charge in [-0.2, -0.15) is 10.2 Å². The van der Waals surface area contributed by atoms with Crippen LogP contribution in [0.25, 0.3) is 5.69 Å². The lowest BCUT2D eigenvalue weighted by molar-refractivity contribution is -0.0660. The van der Waals surface area contributed by atoms with Crippen molar-refractivity contribution in [2.24, 2.45) is 0 Å². The van der Waals surface area contributed by atoms with E-state index >= 15 is 0 Å². The molecule has 0 bridgehead atoms. The Balaban J connectivity index is 1.27. The fraction of sp³-hybridized carbons (Fsp3) is 0.348. The van der Waals surface area contributed by atoms with Gasteiger partial charge in [0.15, 0.2) is 0 Å². The maximum atomic E-state index is 8.95. The van der Waals surface area contributed by atoms with E-state index in [-0.39, 0.29) is 0 Å². The highest BCUT2D eigenvalue weighted by molar-refractivity contribution is 5.64. The third kappa shape index (κ3) is 4.24. The van der Waals surface area contributed by atoms with Crippen LogP contribution in [0, 0.1) is 18.3 Å². The molecule has 8 heteroatoms. The largest absolute Gasteiger partial charge is 0.378 e. The second kappa shape index (κ2) is 8.38. The molecular weight excluding hydrogens is 390 g/mol. The number of aromatic nitrogens is 3. The number of benzene rings is 2. The lowest BCUT2D eigenvalue weighted by Gasteiger charge is -2.43. The van der Waals surface area contributed by atoms with Crippen LogP contribution in [0.2, 0.25) is 0 Å². The van der Waals surface area contributed by atoms with E-state index < -0.39 is 0 Å². The fourth-order valence-electron chi connectivity index (χ4n) is 4.06. The number of aryl methyl sites for hydroxylation is 1. The molecule has 2 saturated heterocycles. The van der Waals surface area contributed by atoms with Gasteiger partial charge in [-0.1, -0.05) is 0 Å². The molecule has 2 aliphatic rings. The van der Waals surface area contributed by atoms with Gasteiger partial charge in [0.25, 0.3) is 0 Å². The van der Waals surface area contributed by atoms with Gasteiger partial charge in [0.05, 0.1) is 36.6 Å². The zero-order valence-corrected chi connectivity index (χ0v) is 17.5. The predicted molar refractivity (Wildman–Crippen MR) is 119 cm³/mol. The number of ether oxygens (including phenoxy) is 1. The minimum Gasteiger partial charge on any atom is -0.378 e. The number of hydrogen-bond acceptors (Lipinski definition) is 7. The van der Waals surface area contributed by atoms with Crippen molar-refractivity contribution in [2.45, 2.75) is 13.0 Å². The van der Waals surface area contributed by atoms with Crippen molar-refractivity contribution >= 4 is 17.3 Å². The molecule has 0 saturated carbocycles. The Bertz CT molecular complexity index is 1090. The first kappa shape index (κ1) is 19.5. The monoisotopic (exact) mass is 415 g/mol. The molecule has 1 N–H and O–H groups in total. The van der Waals surface area contributed by atoms with Crippen LogP contribution in [0.1, 0.15) is 11.1 Å². The first-order valence-corrected chi connectivity index (χ1v) is 10.6. The Kier molecular flexibility index (Phi) is 5.28. The van der Waals surface area contributed by atoms with E-state index in [1.807, 2.05) is 12.1 Å². The van der Waals surface area contributed by atoms with Gasteiger partial charge in [0.2, 0.25) is 5.95 Å². The molecule has 0 spiro atoms. The first-order chi connectivity index (χ1) is 15.2. The molecule has 2 aliphatic heterocycles. The van der Waals surface area contributed by atoms with Crippen LogP contribution >= 0.6 is 0 Å². The number of rotatable bonds is 5. The average molecular weight is 416 g/mol. The maximum Gasteiger partial charge on any atom is 0.246 e. The molecule has 5 rings (SSSR count). The third-order valence-corrected chi connectivity index (χ3v) is 5.89. The van der Waals surface area contributed by atoms with Gasteiger partial charge in [-0.25, -0.2) is 4.68 Å². The molecule has 31 heavy (non-hydrogen) atoms. The van der Waals surface area contributed by atoms with E-state index in [1.165, 1.54) is 11.3 Å².